The number of hydrogen-bond donors (Lipinski definition) is 2. The minimum absolute atomic E-state index is 0.727. The topological polar surface area (TPSA) is 70.5 Å². The average molecular weight is 274 g/mol. The van der Waals surface area contributed by atoms with Crippen LogP contribution in [-0.4, -0.2) is 14.2 Å². The maximum absolute atomic E-state index is 5.67. The summed E-state index contributed by atoms with van der Waals surface area (Å²) in [7, 11) is 3.26. The van der Waals surface area contributed by atoms with Crippen LogP contribution in [0.4, 0.5) is 11.4 Å². The average Bonchev–Trinajstić information content (AvgIpc) is 2.45. The number of nitrogens with two attached hydrogens (primary N) is 2. The van der Waals surface area contributed by atoms with Gasteiger partial charge in [-0.05, 0) is 37.6 Å². The molecule has 2 aromatic rings. The molecule has 0 bridgehead atoms. The number of nitrogen functional groups attached to an aromatic ring is 2. The van der Waals surface area contributed by atoms with Gasteiger partial charge in [-0.2, -0.15) is 0 Å². The highest BCUT2D eigenvalue weighted by molar-refractivity contribution is 5.57. The van der Waals surface area contributed by atoms with Gasteiger partial charge in [-0.3, -0.25) is 0 Å². The second kappa shape index (κ2) is 7.28. The Balaban J connectivity index is 0.000000200. The highest BCUT2D eigenvalue weighted by atomic mass is 16.5. The summed E-state index contributed by atoms with van der Waals surface area (Å²) in [6.45, 7) is 3.89. The third kappa shape index (κ3) is 3.82. The van der Waals surface area contributed by atoms with Gasteiger partial charge < -0.3 is 20.9 Å². The van der Waals surface area contributed by atoms with Crippen molar-refractivity contribution in [1.29, 1.82) is 0 Å². The predicted molar refractivity (Wildman–Crippen MR) is 84.3 cm³/mol. The molecule has 0 amide bonds. The van der Waals surface area contributed by atoms with E-state index in [9.17, 15) is 0 Å². The Kier molecular flexibility index (Phi) is 5.72. The van der Waals surface area contributed by atoms with E-state index in [1.165, 1.54) is 0 Å². The van der Waals surface area contributed by atoms with Crippen LogP contribution in [0, 0.1) is 13.8 Å². The van der Waals surface area contributed by atoms with Crippen molar-refractivity contribution in [2.24, 2.45) is 0 Å². The van der Waals surface area contributed by atoms with Gasteiger partial charge in [-0.15, -0.1) is 0 Å². The zero-order valence-electron chi connectivity index (χ0n) is 12.4. The van der Waals surface area contributed by atoms with Gasteiger partial charge in [-0.1, -0.05) is 18.2 Å². The van der Waals surface area contributed by atoms with E-state index in [1.807, 2.05) is 50.2 Å². The van der Waals surface area contributed by atoms with Crippen molar-refractivity contribution in [3.63, 3.8) is 0 Å². The summed E-state index contributed by atoms with van der Waals surface area (Å²) >= 11 is 0. The highest BCUT2D eigenvalue weighted by Gasteiger charge is 1.99. The van der Waals surface area contributed by atoms with Crippen LogP contribution in [-0.2, 0) is 0 Å². The molecule has 0 spiro atoms. The summed E-state index contributed by atoms with van der Waals surface area (Å²) in [4.78, 5) is 0. The van der Waals surface area contributed by atoms with E-state index >= 15 is 0 Å². The molecule has 4 nitrogen and oxygen atoms in total. The van der Waals surface area contributed by atoms with Crippen molar-refractivity contribution in [1.82, 2.24) is 0 Å². The van der Waals surface area contributed by atoms with Crippen LogP contribution in [0.3, 0.4) is 0 Å². The van der Waals surface area contributed by atoms with Gasteiger partial charge in [0.2, 0.25) is 0 Å². The zero-order chi connectivity index (χ0) is 15.1. The molecule has 0 saturated carbocycles. The van der Waals surface area contributed by atoms with E-state index in [1.54, 1.807) is 14.2 Å². The smallest absolute Gasteiger partial charge is 0.142 e. The van der Waals surface area contributed by atoms with E-state index in [-0.39, 0.29) is 0 Å². The maximum atomic E-state index is 5.67. The van der Waals surface area contributed by atoms with Gasteiger partial charge in [0.25, 0.3) is 0 Å². The lowest BCUT2D eigenvalue weighted by Gasteiger charge is -2.05. The molecule has 2 rings (SSSR count). The van der Waals surface area contributed by atoms with Crippen molar-refractivity contribution in [3.8, 4) is 11.5 Å². The van der Waals surface area contributed by atoms with E-state index in [4.69, 9.17) is 20.9 Å². The van der Waals surface area contributed by atoms with Crippen LogP contribution in [0.15, 0.2) is 36.4 Å². The molecule has 0 unspecified atom stereocenters. The van der Waals surface area contributed by atoms with Crippen LogP contribution in [0.2, 0.25) is 0 Å². The quantitative estimate of drug-likeness (QED) is 0.825. The highest BCUT2D eigenvalue weighted by Crippen LogP contribution is 2.23. The van der Waals surface area contributed by atoms with Gasteiger partial charge in [-0.25, -0.2) is 0 Å². The molecule has 0 heterocycles. The number of rotatable bonds is 2. The lowest BCUT2D eigenvalue weighted by molar-refractivity contribution is 0.412. The van der Waals surface area contributed by atoms with E-state index in [0.717, 1.165) is 34.0 Å². The number of benzene rings is 2. The van der Waals surface area contributed by atoms with Crippen LogP contribution in [0.1, 0.15) is 11.1 Å². The van der Waals surface area contributed by atoms with Crippen molar-refractivity contribution in [2.75, 3.05) is 25.7 Å². The van der Waals surface area contributed by atoms with Gasteiger partial charge in [0, 0.05) is 11.3 Å². The number of ether oxygens (including phenoxy) is 2. The molecule has 0 aliphatic rings. The first kappa shape index (κ1) is 15.7. The van der Waals surface area contributed by atoms with Gasteiger partial charge in [0.05, 0.1) is 19.9 Å². The molecule has 0 radical (unpaired) electrons. The van der Waals surface area contributed by atoms with Crippen LogP contribution in [0.5, 0.6) is 11.5 Å². The van der Waals surface area contributed by atoms with E-state index in [0.29, 0.717) is 0 Å². The lowest BCUT2D eigenvalue weighted by atomic mass is 10.2. The fourth-order valence-corrected chi connectivity index (χ4v) is 1.68. The van der Waals surface area contributed by atoms with Crippen molar-refractivity contribution in [3.05, 3.63) is 47.5 Å². The lowest BCUT2D eigenvalue weighted by Crippen LogP contribution is -1.93. The standard InChI is InChI=1S/2C8H11NO/c1-6-7(9)4-3-5-8(6)10-2;1-6-4-3-5-7(10-2)8(6)9/h2*3-5H,9H2,1-2H3. The van der Waals surface area contributed by atoms with Gasteiger partial charge >= 0.3 is 0 Å². The molecule has 2 aromatic carbocycles. The monoisotopic (exact) mass is 274 g/mol. The summed E-state index contributed by atoms with van der Waals surface area (Å²) in [6.07, 6.45) is 0. The normalized spacial score (nSPS) is 9.40. The third-order valence-electron chi connectivity index (χ3n) is 3.05. The number of para-hydroxylation sites is 1. The molecule has 0 aliphatic heterocycles. The molecule has 0 fully saturated rings. The molecule has 0 atom stereocenters. The van der Waals surface area contributed by atoms with E-state index < -0.39 is 0 Å². The molecule has 0 aliphatic carbocycles. The van der Waals surface area contributed by atoms with Gasteiger partial charge in [0.15, 0.2) is 0 Å². The molecule has 0 aromatic heterocycles. The van der Waals surface area contributed by atoms with Crippen molar-refractivity contribution >= 4 is 11.4 Å². The summed E-state index contributed by atoms with van der Waals surface area (Å²) in [5.41, 5.74) is 14.8. The molecule has 108 valence electrons. The second-order valence-corrected chi connectivity index (χ2v) is 4.37. The first-order valence-electron chi connectivity index (χ1n) is 6.29. The van der Waals surface area contributed by atoms with E-state index in [2.05, 4.69) is 0 Å². The number of methoxy groups -OCH3 is 2. The molecule has 4 heteroatoms. The summed E-state index contributed by atoms with van der Waals surface area (Å²) < 4.78 is 10.0. The SMILES string of the molecule is COc1cccc(C)c1N.COc1cccc(N)c1C. The maximum Gasteiger partial charge on any atom is 0.142 e. The number of hydrogen-bond acceptors (Lipinski definition) is 4. The molecule has 20 heavy (non-hydrogen) atoms. The number of aryl methyl sites for hydroxylation is 1. The Morgan fingerprint density at radius 1 is 0.800 bits per heavy atom. The Bertz CT molecular complexity index is 517. The van der Waals surface area contributed by atoms with Crippen LogP contribution >= 0.6 is 0 Å². The van der Waals surface area contributed by atoms with Gasteiger partial charge in [0.1, 0.15) is 11.5 Å². The molecule has 0 saturated heterocycles. The third-order valence-corrected chi connectivity index (χ3v) is 3.05. The Morgan fingerprint density at radius 2 is 1.35 bits per heavy atom. The summed E-state index contributed by atoms with van der Waals surface area (Å²) in [6, 6.07) is 11.4. The largest absolute Gasteiger partial charge is 0.496 e. The second-order valence-electron chi connectivity index (χ2n) is 4.37. The summed E-state index contributed by atoms with van der Waals surface area (Å²) in [5.74, 6) is 1.60. The first-order valence-corrected chi connectivity index (χ1v) is 6.29. The minimum atomic E-state index is 0.727. The molecular formula is C16H22N2O2. The zero-order valence-corrected chi connectivity index (χ0v) is 12.4. The van der Waals surface area contributed by atoms with Crippen LogP contribution in [0.25, 0.3) is 0 Å². The van der Waals surface area contributed by atoms with Crippen molar-refractivity contribution in [2.45, 2.75) is 13.8 Å². The first-order chi connectivity index (χ1) is 9.51. The Labute approximate surface area is 120 Å². The molecule has 4 N–H and O–H groups in total. The number of anilines is 2. The Morgan fingerprint density at radius 3 is 1.85 bits per heavy atom. The Hall–Kier alpha value is -2.36. The minimum Gasteiger partial charge on any atom is -0.496 e. The van der Waals surface area contributed by atoms with Crippen LogP contribution < -0.4 is 20.9 Å². The van der Waals surface area contributed by atoms with Crippen molar-refractivity contribution < 1.29 is 9.47 Å². The fraction of sp³-hybridized carbons (Fsp3) is 0.250. The fourth-order valence-electron chi connectivity index (χ4n) is 1.68. The predicted octanol–water partition coefficient (Wildman–Crippen LogP) is 3.17. The molecular weight excluding hydrogens is 252 g/mol. The summed E-state index contributed by atoms with van der Waals surface area (Å²) in [5, 5.41) is 0.